The van der Waals surface area contributed by atoms with Gasteiger partial charge in [-0.3, -0.25) is 0 Å². The van der Waals surface area contributed by atoms with Crippen LogP contribution in [0.2, 0.25) is 0 Å². The molecule has 2 aromatic carbocycles. The van der Waals surface area contributed by atoms with Crippen LogP contribution in [0.3, 0.4) is 0 Å². The molecule has 1 saturated heterocycles. The Hall–Kier alpha value is -1.94. The van der Waals surface area contributed by atoms with Crippen LogP contribution in [0.5, 0.6) is 5.75 Å². The van der Waals surface area contributed by atoms with Crippen molar-refractivity contribution >= 4 is 20.0 Å². The Morgan fingerprint density at radius 3 is 2.09 bits per heavy atom. The molecule has 1 aliphatic heterocycles. The summed E-state index contributed by atoms with van der Waals surface area (Å²) in [6, 6.07) is 10.0. The van der Waals surface area contributed by atoms with Gasteiger partial charge in [0.2, 0.25) is 20.0 Å². The summed E-state index contributed by atoms with van der Waals surface area (Å²) in [5.41, 5.74) is 2.68. The van der Waals surface area contributed by atoms with E-state index in [1.165, 1.54) is 7.11 Å². The van der Waals surface area contributed by atoms with Gasteiger partial charge < -0.3 is 4.74 Å². The van der Waals surface area contributed by atoms with Crippen molar-refractivity contribution in [3.05, 3.63) is 53.1 Å². The average molecular weight is 481 g/mol. The summed E-state index contributed by atoms with van der Waals surface area (Å²) >= 11 is 0. The minimum atomic E-state index is -3.74. The first kappa shape index (κ1) is 24.7. The highest BCUT2D eigenvalue weighted by Gasteiger charge is 2.25. The van der Waals surface area contributed by atoms with E-state index in [0.29, 0.717) is 25.3 Å². The third kappa shape index (κ3) is 5.70. The van der Waals surface area contributed by atoms with Crippen molar-refractivity contribution in [3.63, 3.8) is 0 Å². The van der Waals surface area contributed by atoms with Gasteiger partial charge in [0.1, 0.15) is 10.6 Å². The molecule has 1 aliphatic rings. The number of hydrogen-bond donors (Lipinski definition) is 1. The third-order valence-corrected chi connectivity index (χ3v) is 9.30. The third-order valence-electron chi connectivity index (χ3n) is 5.90. The standard InChI is InChI=1S/C23H32N2O5S2/c1-18-16-22(30-3)23(17-19(18)2)31(26,27)24-13-12-20-8-10-21(11-9-20)32(28,29)25-14-6-4-5-7-15-25/h8-11,16-17,24H,4-7,12-15H2,1-3H3. The first-order valence-electron chi connectivity index (χ1n) is 10.9. The summed E-state index contributed by atoms with van der Waals surface area (Å²) in [6.07, 6.45) is 4.35. The van der Waals surface area contributed by atoms with Crippen LogP contribution in [0, 0.1) is 13.8 Å². The lowest BCUT2D eigenvalue weighted by Gasteiger charge is -2.20. The lowest BCUT2D eigenvalue weighted by atomic mass is 10.1. The van der Waals surface area contributed by atoms with E-state index in [0.717, 1.165) is 42.4 Å². The first-order chi connectivity index (χ1) is 15.1. The Labute approximate surface area is 191 Å². The van der Waals surface area contributed by atoms with Gasteiger partial charge in [-0.05, 0) is 74.1 Å². The molecule has 1 N–H and O–H groups in total. The molecule has 1 fully saturated rings. The number of ether oxygens (including phenoxy) is 1. The maximum absolute atomic E-state index is 12.9. The van der Waals surface area contributed by atoms with Gasteiger partial charge in [-0.1, -0.05) is 25.0 Å². The molecule has 0 amide bonds. The van der Waals surface area contributed by atoms with Crippen LogP contribution >= 0.6 is 0 Å². The molecule has 7 nitrogen and oxygen atoms in total. The number of aryl methyl sites for hydroxylation is 2. The number of nitrogens with one attached hydrogen (secondary N) is 1. The summed E-state index contributed by atoms with van der Waals surface area (Å²) in [6.45, 7) is 5.08. The van der Waals surface area contributed by atoms with Crippen molar-refractivity contribution in [2.24, 2.45) is 0 Å². The van der Waals surface area contributed by atoms with E-state index >= 15 is 0 Å². The Morgan fingerprint density at radius 2 is 1.50 bits per heavy atom. The fourth-order valence-electron chi connectivity index (χ4n) is 3.80. The fourth-order valence-corrected chi connectivity index (χ4v) is 6.58. The number of benzene rings is 2. The van der Waals surface area contributed by atoms with Gasteiger partial charge in [-0.2, -0.15) is 4.31 Å². The number of sulfonamides is 2. The van der Waals surface area contributed by atoms with Crippen molar-refractivity contribution in [1.29, 1.82) is 0 Å². The molecule has 0 atom stereocenters. The number of methoxy groups -OCH3 is 1. The largest absolute Gasteiger partial charge is 0.495 e. The van der Waals surface area contributed by atoms with E-state index in [-0.39, 0.29) is 16.3 Å². The second-order valence-corrected chi connectivity index (χ2v) is 11.9. The summed E-state index contributed by atoms with van der Waals surface area (Å²) < 4.78 is 60.8. The molecule has 0 saturated carbocycles. The highest BCUT2D eigenvalue weighted by molar-refractivity contribution is 7.89. The number of nitrogens with zero attached hydrogens (tertiary/aromatic N) is 1. The van der Waals surface area contributed by atoms with E-state index in [1.54, 1.807) is 40.7 Å². The van der Waals surface area contributed by atoms with Crippen LogP contribution in [0.1, 0.15) is 42.4 Å². The van der Waals surface area contributed by atoms with Crippen molar-refractivity contribution in [2.75, 3.05) is 26.7 Å². The summed E-state index contributed by atoms with van der Waals surface area (Å²) in [7, 11) is -5.78. The number of rotatable bonds is 8. The van der Waals surface area contributed by atoms with Crippen LogP contribution < -0.4 is 9.46 Å². The lowest BCUT2D eigenvalue weighted by Crippen LogP contribution is -2.31. The Bertz CT molecular complexity index is 1140. The molecule has 0 unspecified atom stereocenters. The summed E-state index contributed by atoms with van der Waals surface area (Å²) in [4.78, 5) is 0.394. The summed E-state index contributed by atoms with van der Waals surface area (Å²) in [5, 5.41) is 0. The van der Waals surface area contributed by atoms with Gasteiger partial charge in [0.25, 0.3) is 0 Å². The smallest absolute Gasteiger partial charge is 0.244 e. The minimum absolute atomic E-state index is 0.113. The minimum Gasteiger partial charge on any atom is -0.495 e. The molecule has 32 heavy (non-hydrogen) atoms. The molecular formula is C23H32N2O5S2. The summed E-state index contributed by atoms with van der Waals surface area (Å²) in [5.74, 6) is 0.309. The predicted octanol–water partition coefficient (Wildman–Crippen LogP) is 3.40. The molecule has 176 valence electrons. The SMILES string of the molecule is COc1cc(C)c(C)cc1S(=O)(=O)NCCc1ccc(S(=O)(=O)N2CCCCCC2)cc1. The molecule has 0 aromatic heterocycles. The van der Waals surface area contributed by atoms with Gasteiger partial charge in [-0.25, -0.2) is 21.6 Å². The van der Waals surface area contributed by atoms with Crippen LogP contribution in [0.25, 0.3) is 0 Å². The second kappa shape index (κ2) is 10.3. The van der Waals surface area contributed by atoms with Crippen LogP contribution in [-0.4, -0.2) is 47.9 Å². The number of hydrogen-bond acceptors (Lipinski definition) is 5. The van der Waals surface area contributed by atoms with Crippen LogP contribution in [0.15, 0.2) is 46.2 Å². The lowest BCUT2D eigenvalue weighted by molar-refractivity contribution is 0.402. The second-order valence-electron chi connectivity index (χ2n) is 8.20. The van der Waals surface area contributed by atoms with E-state index in [9.17, 15) is 16.8 Å². The van der Waals surface area contributed by atoms with E-state index in [2.05, 4.69) is 4.72 Å². The molecular weight excluding hydrogens is 448 g/mol. The van der Waals surface area contributed by atoms with Crippen LogP contribution in [-0.2, 0) is 26.5 Å². The zero-order valence-electron chi connectivity index (χ0n) is 18.9. The van der Waals surface area contributed by atoms with E-state index in [4.69, 9.17) is 4.74 Å². The monoisotopic (exact) mass is 480 g/mol. The average Bonchev–Trinajstić information content (AvgIpc) is 3.06. The van der Waals surface area contributed by atoms with E-state index < -0.39 is 20.0 Å². The first-order valence-corrected chi connectivity index (χ1v) is 13.8. The normalized spacial score (nSPS) is 16.0. The highest BCUT2D eigenvalue weighted by atomic mass is 32.2. The maximum atomic E-state index is 12.9. The zero-order valence-corrected chi connectivity index (χ0v) is 20.6. The van der Waals surface area contributed by atoms with Crippen LogP contribution in [0.4, 0.5) is 0 Å². The fraction of sp³-hybridized carbons (Fsp3) is 0.478. The predicted molar refractivity (Wildman–Crippen MR) is 125 cm³/mol. The van der Waals surface area contributed by atoms with Gasteiger partial charge >= 0.3 is 0 Å². The molecule has 0 radical (unpaired) electrons. The Balaban J connectivity index is 1.65. The quantitative estimate of drug-likeness (QED) is 0.625. The highest BCUT2D eigenvalue weighted by Crippen LogP contribution is 2.27. The zero-order chi connectivity index (χ0) is 23.4. The van der Waals surface area contributed by atoms with Crippen molar-refractivity contribution in [3.8, 4) is 5.75 Å². The maximum Gasteiger partial charge on any atom is 0.244 e. The Morgan fingerprint density at radius 1 is 0.906 bits per heavy atom. The van der Waals surface area contributed by atoms with Crippen molar-refractivity contribution in [2.45, 2.75) is 55.7 Å². The molecule has 9 heteroatoms. The van der Waals surface area contributed by atoms with Gasteiger partial charge in [0.15, 0.2) is 0 Å². The van der Waals surface area contributed by atoms with Gasteiger partial charge in [-0.15, -0.1) is 0 Å². The van der Waals surface area contributed by atoms with Gasteiger partial charge in [0, 0.05) is 19.6 Å². The Kier molecular flexibility index (Phi) is 7.97. The van der Waals surface area contributed by atoms with Crippen molar-refractivity contribution in [1.82, 2.24) is 9.03 Å². The van der Waals surface area contributed by atoms with E-state index in [1.807, 2.05) is 13.8 Å². The van der Waals surface area contributed by atoms with Crippen molar-refractivity contribution < 1.29 is 21.6 Å². The molecule has 0 bridgehead atoms. The molecule has 3 rings (SSSR count). The molecule has 0 spiro atoms. The molecule has 0 aliphatic carbocycles. The topological polar surface area (TPSA) is 92.8 Å². The molecule has 2 aromatic rings. The molecule has 1 heterocycles. The van der Waals surface area contributed by atoms with Gasteiger partial charge in [0.05, 0.1) is 12.0 Å².